The number of rotatable bonds is 8. The first kappa shape index (κ1) is 18.3. The van der Waals surface area contributed by atoms with E-state index in [1.165, 1.54) is 0 Å². The molecule has 0 saturated carbocycles. The summed E-state index contributed by atoms with van der Waals surface area (Å²) < 4.78 is 0.944. The minimum atomic E-state index is 0.574. The Balaban J connectivity index is 2.86. The number of nitrogens with zero attached hydrogens (tertiary/aromatic N) is 1. The van der Waals surface area contributed by atoms with Crippen molar-refractivity contribution in [3.63, 3.8) is 0 Å². The van der Waals surface area contributed by atoms with E-state index in [0.717, 1.165) is 34.1 Å². The number of allylic oxidation sites excluding steroid dienone is 3. The summed E-state index contributed by atoms with van der Waals surface area (Å²) in [5.74, 6) is 0. The van der Waals surface area contributed by atoms with Crippen molar-refractivity contribution in [3.8, 4) is 0 Å². The van der Waals surface area contributed by atoms with Crippen LogP contribution in [0.25, 0.3) is 5.57 Å². The second-order valence-corrected chi connectivity index (χ2v) is 5.55. The first-order valence-corrected chi connectivity index (χ1v) is 7.97. The van der Waals surface area contributed by atoms with E-state index in [4.69, 9.17) is 0 Å². The topological polar surface area (TPSA) is 53.5 Å². The van der Waals surface area contributed by atoms with Gasteiger partial charge in [-0.25, -0.2) is 0 Å². The van der Waals surface area contributed by atoms with Crippen molar-refractivity contribution in [3.05, 3.63) is 51.8 Å². The highest BCUT2D eigenvalue weighted by Crippen LogP contribution is 2.21. The van der Waals surface area contributed by atoms with Gasteiger partial charge in [0, 0.05) is 22.5 Å². The fourth-order valence-corrected chi connectivity index (χ4v) is 2.12. The standard InChI is InChI=1S/C17H22BrN3O/c1-4-16(10-20-12-19-5-2)21-9-14(11-22)17-8-15(18)7-6-13(17)3/h4,6-11,19,21H,5,12H2,1-3H3/b14-9+,16-4+,20-10-. The average molecular weight is 364 g/mol. The van der Waals surface area contributed by atoms with E-state index < -0.39 is 0 Å². The van der Waals surface area contributed by atoms with E-state index >= 15 is 0 Å². The summed E-state index contributed by atoms with van der Waals surface area (Å²) in [6.07, 6.45) is 6.21. The van der Waals surface area contributed by atoms with Crippen LogP contribution < -0.4 is 10.6 Å². The summed E-state index contributed by atoms with van der Waals surface area (Å²) in [7, 11) is 0. The molecular weight excluding hydrogens is 342 g/mol. The fourth-order valence-electron chi connectivity index (χ4n) is 1.76. The molecule has 0 spiro atoms. The number of aryl methyl sites for hydroxylation is 1. The molecule has 0 radical (unpaired) electrons. The molecule has 4 nitrogen and oxygen atoms in total. The van der Waals surface area contributed by atoms with Crippen LogP contribution in [0, 0.1) is 6.92 Å². The Morgan fingerprint density at radius 3 is 2.82 bits per heavy atom. The molecule has 0 aromatic heterocycles. The Morgan fingerprint density at radius 1 is 1.41 bits per heavy atom. The summed E-state index contributed by atoms with van der Waals surface area (Å²) in [6, 6.07) is 5.87. The molecule has 1 aromatic rings. The number of benzene rings is 1. The van der Waals surface area contributed by atoms with Crippen molar-refractivity contribution in [2.75, 3.05) is 13.2 Å². The zero-order valence-corrected chi connectivity index (χ0v) is 14.8. The summed E-state index contributed by atoms with van der Waals surface area (Å²) in [5.41, 5.74) is 3.38. The van der Waals surface area contributed by atoms with Gasteiger partial charge in [0.15, 0.2) is 6.29 Å². The van der Waals surface area contributed by atoms with Gasteiger partial charge in [-0.3, -0.25) is 15.1 Å². The predicted octanol–water partition coefficient (Wildman–Crippen LogP) is 3.43. The highest BCUT2D eigenvalue weighted by Gasteiger charge is 2.05. The Bertz CT molecular complexity index is 592. The molecule has 1 rings (SSSR count). The largest absolute Gasteiger partial charge is 0.360 e. The maximum atomic E-state index is 11.4. The lowest BCUT2D eigenvalue weighted by Gasteiger charge is -2.08. The molecule has 5 heteroatoms. The zero-order valence-electron chi connectivity index (χ0n) is 13.2. The Labute approximate surface area is 140 Å². The van der Waals surface area contributed by atoms with Crippen LogP contribution in [0.4, 0.5) is 0 Å². The van der Waals surface area contributed by atoms with Gasteiger partial charge in [-0.05, 0) is 43.7 Å². The van der Waals surface area contributed by atoms with Gasteiger partial charge in [-0.15, -0.1) is 0 Å². The molecule has 0 unspecified atom stereocenters. The van der Waals surface area contributed by atoms with Crippen LogP contribution in [-0.2, 0) is 4.79 Å². The number of hydrogen-bond donors (Lipinski definition) is 2. The summed E-state index contributed by atoms with van der Waals surface area (Å²) in [4.78, 5) is 15.6. The second-order valence-electron chi connectivity index (χ2n) is 4.64. The lowest BCUT2D eigenvalue weighted by atomic mass is 10.0. The molecule has 2 N–H and O–H groups in total. The van der Waals surface area contributed by atoms with Gasteiger partial charge in [0.2, 0.25) is 0 Å². The normalized spacial score (nSPS) is 12.7. The third-order valence-corrected chi connectivity index (χ3v) is 3.52. The molecule has 22 heavy (non-hydrogen) atoms. The number of carbonyl (C=O) groups excluding carboxylic acids is 1. The third kappa shape index (κ3) is 5.95. The molecule has 0 bridgehead atoms. The molecule has 1 aromatic carbocycles. The zero-order chi connectivity index (χ0) is 16.4. The number of nitrogens with one attached hydrogen (secondary N) is 2. The van der Waals surface area contributed by atoms with E-state index in [1.54, 1.807) is 12.4 Å². The highest BCUT2D eigenvalue weighted by molar-refractivity contribution is 9.10. The Hall–Kier alpha value is -1.72. The summed E-state index contributed by atoms with van der Waals surface area (Å²) in [5, 5.41) is 6.23. The van der Waals surface area contributed by atoms with Crippen molar-refractivity contribution in [2.24, 2.45) is 4.99 Å². The number of aldehydes is 1. The molecule has 0 saturated heterocycles. The molecule has 0 aliphatic rings. The molecular formula is C17H22BrN3O. The van der Waals surface area contributed by atoms with Gasteiger partial charge in [0.1, 0.15) is 0 Å². The van der Waals surface area contributed by atoms with Crippen LogP contribution in [0.2, 0.25) is 0 Å². The van der Waals surface area contributed by atoms with Gasteiger partial charge in [-0.2, -0.15) is 0 Å². The lowest BCUT2D eigenvalue weighted by Crippen LogP contribution is -2.14. The minimum Gasteiger partial charge on any atom is -0.360 e. The second kappa shape index (κ2) is 10.1. The fraction of sp³-hybridized carbons (Fsp3) is 0.294. The van der Waals surface area contributed by atoms with Gasteiger partial charge in [0.05, 0.1) is 12.4 Å². The van der Waals surface area contributed by atoms with E-state index in [-0.39, 0.29) is 0 Å². The smallest absolute Gasteiger partial charge is 0.152 e. The number of carbonyl (C=O) groups is 1. The van der Waals surface area contributed by atoms with Gasteiger partial charge >= 0.3 is 0 Å². The third-order valence-electron chi connectivity index (χ3n) is 3.03. The van der Waals surface area contributed by atoms with E-state index in [9.17, 15) is 4.79 Å². The SMILES string of the molecule is C/C=C(\C=N/CNCC)N/C=C(\C=O)c1cc(Br)ccc1C. The summed E-state index contributed by atoms with van der Waals surface area (Å²) >= 11 is 3.43. The molecule has 118 valence electrons. The van der Waals surface area contributed by atoms with Crippen LogP contribution in [0.5, 0.6) is 0 Å². The van der Waals surface area contributed by atoms with Crippen LogP contribution in [0.1, 0.15) is 25.0 Å². The lowest BCUT2D eigenvalue weighted by molar-refractivity contribution is -0.103. The monoisotopic (exact) mass is 363 g/mol. The maximum Gasteiger partial charge on any atom is 0.152 e. The van der Waals surface area contributed by atoms with Crippen molar-refractivity contribution >= 4 is 34.0 Å². The molecule has 0 atom stereocenters. The quantitative estimate of drug-likeness (QED) is 0.322. The van der Waals surface area contributed by atoms with Crippen LogP contribution >= 0.6 is 15.9 Å². The molecule has 0 aliphatic heterocycles. The maximum absolute atomic E-state index is 11.4. The molecule has 0 heterocycles. The summed E-state index contributed by atoms with van der Waals surface area (Å²) in [6.45, 7) is 7.38. The number of hydrogen-bond acceptors (Lipinski definition) is 4. The van der Waals surface area contributed by atoms with Crippen LogP contribution in [-0.4, -0.2) is 25.7 Å². The Kier molecular flexibility index (Phi) is 8.40. The van der Waals surface area contributed by atoms with E-state index in [0.29, 0.717) is 12.2 Å². The average Bonchev–Trinajstić information content (AvgIpc) is 2.53. The highest BCUT2D eigenvalue weighted by atomic mass is 79.9. The molecule has 0 fully saturated rings. The molecule has 0 amide bonds. The van der Waals surface area contributed by atoms with E-state index in [2.05, 4.69) is 31.6 Å². The van der Waals surface area contributed by atoms with Crippen molar-refractivity contribution in [2.45, 2.75) is 20.8 Å². The van der Waals surface area contributed by atoms with Gasteiger partial charge < -0.3 is 5.32 Å². The first-order chi connectivity index (χ1) is 10.6. The molecule has 0 aliphatic carbocycles. The Morgan fingerprint density at radius 2 is 2.18 bits per heavy atom. The minimum absolute atomic E-state index is 0.574. The van der Waals surface area contributed by atoms with E-state index in [1.807, 2.05) is 45.0 Å². The van der Waals surface area contributed by atoms with Crippen LogP contribution in [0.15, 0.2) is 45.6 Å². The van der Waals surface area contributed by atoms with Crippen molar-refractivity contribution in [1.82, 2.24) is 10.6 Å². The van der Waals surface area contributed by atoms with Gasteiger partial charge in [-0.1, -0.05) is 35.0 Å². The van der Waals surface area contributed by atoms with Crippen LogP contribution in [0.3, 0.4) is 0 Å². The number of halogens is 1. The predicted molar refractivity (Wildman–Crippen MR) is 96.8 cm³/mol. The first-order valence-electron chi connectivity index (χ1n) is 7.17. The van der Waals surface area contributed by atoms with Crippen molar-refractivity contribution < 1.29 is 4.79 Å². The van der Waals surface area contributed by atoms with Crippen molar-refractivity contribution in [1.29, 1.82) is 0 Å². The van der Waals surface area contributed by atoms with Gasteiger partial charge in [0.25, 0.3) is 0 Å². The number of aliphatic imine (C=N–C) groups is 1.